The average Bonchev–Trinajstić information content (AvgIpc) is 3.49. The van der Waals surface area contributed by atoms with Crippen molar-refractivity contribution in [1.82, 2.24) is 0 Å². The summed E-state index contributed by atoms with van der Waals surface area (Å²) >= 11 is 6.33. The number of methoxy groups -OCH3 is 2. The Labute approximate surface area is 201 Å². The van der Waals surface area contributed by atoms with Gasteiger partial charge in [-0.05, 0) is 70.2 Å². The van der Waals surface area contributed by atoms with Crippen LogP contribution >= 0.6 is 11.6 Å². The fourth-order valence-electron chi connectivity index (χ4n) is 5.04. The number of carbonyl (C=O) groups excluding carboxylic acids is 1. The van der Waals surface area contributed by atoms with Gasteiger partial charge in [-0.15, -0.1) is 11.6 Å². The standard InChI is InChI=1S/C26H35ClO6/c1-18(2)8-14-21-24(3,32-21)26(22(31-5)7-6-16-25(26,29)17-27)33-23(28)15-11-19-9-12-20(30-4)13-10-19/h8-13,15,21-22,29H,6-7,14,16-17H2,1-5H3. The lowest BCUT2D eigenvalue weighted by Crippen LogP contribution is -2.73. The average molecular weight is 479 g/mol. The van der Waals surface area contributed by atoms with Gasteiger partial charge >= 0.3 is 5.97 Å². The van der Waals surface area contributed by atoms with Gasteiger partial charge in [0.15, 0.2) is 5.60 Å². The van der Waals surface area contributed by atoms with E-state index in [-0.39, 0.29) is 12.0 Å². The van der Waals surface area contributed by atoms with E-state index in [9.17, 15) is 9.90 Å². The minimum absolute atomic E-state index is 0.101. The summed E-state index contributed by atoms with van der Waals surface area (Å²) in [6.45, 7) is 5.92. The highest BCUT2D eigenvalue weighted by Gasteiger charge is 2.78. The van der Waals surface area contributed by atoms with Crippen LogP contribution in [0, 0.1) is 0 Å². The van der Waals surface area contributed by atoms with Crippen molar-refractivity contribution in [2.24, 2.45) is 0 Å². The minimum atomic E-state index is -1.49. The molecular weight excluding hydrogens is 444 g/mol. The molecule has 1 aromatic carbocycles. The molecule has 182 valence electrons. The molecule has 6 nitrogen and oxygen atoms in total. The molecule has 1 saturated carbocycles. The molecule has 1 N–H and O–H groups in total. The number of epoxide rings is 1. The molecule has 2 fully saturated rings. The Hall–Kier alpha value is -1.86. The van der Waals surface area contributed by atoms with E-state index >= 15 is 0 Å². The third-order valence-corrected chi connectivity index (χ3v) is 7.36. The second-order valence-electron chi connectivity index (χ2n) is 9.28. The maximum absolute atomic E-state index is 13.1. The molecule has 33 heavy (non-hydrogen) atoms. The van der Waals surface area contributed by atoms with Crippen LogP contribution in [0.4, 0.5) is 0 Å². The van der Waals surface area contributed by atoms with Crippen molar-refractivity contribution in [3.05, 3.63) is 47.6 Å². The number of hydrogen-bond acceptors (Lipinski definition) is 6. The predicted molar refractivity (Wildman–Crippen MR) is 128 cm³/mol. The van der Waals surface area contributed by atoms with Crippen LogP contribution in [0.25, 0.3) is 6.08 Å². The number of alkyl halides is 1. The lowest BCUT2D eigenvalue weighted by atomic mass is 9.63. The van der Waals surface area contributed by atoms with E-state index in [4.69, 9.17) is 30.5 Å². The zero-order chi connectivity index (χ0) is 24.3. The molecule has 2 aliphatic rings. The van der Waals surface area contributed by atoms with Gasteiger partial charge in [0.25, 0.3) is 0 Å². The van der Waals surface area contributed by atoms with Crippen molar-refractivity contribution >= 4 is 23.6 Å². The first kappa shape index (κ1) is 25.8. The summed E-state index contributed by atoms with van der Waals surface area (Å²) in [5, 5.41) is 11.7. The highest BCUT2D eigenvalue weighted by atomic mass is 35.5. The van der Waals surface area contributed by atoms with Crippen molar-refractivity contribution in [2.75, 3.05) is 20.1 Å². The molecule has 0 radical (unpaired) electrons. The van der Waals surface area contributed by atoms with E-state index in [1.807, 2.05) is 45.0 Å². The van der Waals surface area contributed by atoms with Gasteiger partial charge in [0.05, 0.1) is 19.1 Å². The van der Waals surface area contributed by atoms with Crippen LogP contribution < -0.4 is 4.74 Å². The minimum Gasteiger partial charge on any atom is -0.497 e. The Balaban J connectivity index is 1.94. The Morgan fingerprint density at radius 1 is 1.27 bits per heavy atom. The second kappa shape index (κ2) is 10.2. The van der Waals surface area contributed by atoms with E-state index in [0.29, 0.717) is 25.7 Å². The summed E-state index contributed by atoms with van der Waals surface area (Å²) in [6.07, 6.45) is 6.68. The summed E-state index contributed by atoms with van der Waals surface area (Å²) in [5.41, 5.74) is -1.90. The third kappa shape index (κ3) is 4.85. The fraction of sp³-hybridized carbons (Fsp3) is 0.577. The zero-order valence-electron chi connectivity index (χ0n) is 20.1. The normalized spacial score (nSPS) is 33.5. The SMILES string of the molecule is COc1ccc(C=CC(=O)OC2(C3(C)OC3CC=C(C)C)C(OC)CCCC2(O)CCl)cc1. The maximum atomic E-state index is 13.1. The molecule has 0 bridgehead atoms. The molecule has 0 aromatic heterocycles. The molecule has 5 atom stereocenters. The van der Waals surface area contributed by atoms with Gasteiger partial charge in [-0.25, -0.2) is 4.79 Å². The zero-order valence-corrected chi connectivity index (χ0v) is 20.9. The smallest absolute Gasteiger partial charge is 0.331 e. The Kier molecular flexibility index (Phi) is 7.95. The summed E-state index contributed by atoms with van der Waals surface area (Å²) in [5.74, 6) is 0.0413. The molecular formula is C26H35ClO6. The second-order valence-corrected chi connectivity index (χ2v) is 9.54. The van der Waals surface area contributed by atoms with Gasteiger partial charge in [0.2, 0.25) is 0 Å². The van der Waals surface area contributed by atoms with Crippen molar-refractivity contribution in [1.29, 1.82) is 0 Å². The summed E-state index contributed by atoms with van der Waals surface area (Å²) in [7, 11) is 3.17. The van der Waals surface area contributed by atoms with Crippen LogP contribution in [0.1, 0.15) is 52.0 Å². The first-order chi connectivity index (χ1) is 15.7. The number of benzene rings is 1. The Morgan fingerprint density at radius 3 is 2.55 bits per heavy atom. The molecule has 1 saturated heterocycles. The molecule has 1 heterocycles. The van der Waals surface area contributed by atoms with E-state index in [0.717, 1.165) is 11.3 Å². The number of ether oxygens (including phenoxy) is 4. The summed E-state index contributed by atoms with van der Waals surface area (Å²) < 4.78 is 23.3. The molecule has 7 heteroatoms. The predicted octanol–water partition coefficient (Wildman–Crippen LogP) is 4.67. The number of aliphatic hydroxyl groups is 1. The summed E-state index contributed by atoms with van der Waals surface area (Å²) in [4.78, 5) is 13.1. The molecule has 1 aromatic rings. The van der Waals surface area contributed by atoms with Crippen molar-refractivity contribution < 1.29 is 28.8 Å². The van der Waals surface area contributed by atoms with Gasteiger partial charge in [0.1, 0.15) is 23.1 Å². The van der Waals surface area contributed by atoms with Crippen LogP contribution in [0.15, 0.2) is 42.0 Å². The van der Waals surface area contributed by atoms with Crippen LogP contribution in [-0.2, 0) is 19.0 Å². The third-order valence-electron chi connectivity index (χ3n) is 6.92. The van der Waals surface area contributed by atoms with Crippen molar-refractivity contribution in [3.63, 3.8) is 0 Å². The van der Waals surface area contributed by atoms with Crippen LogP contribution in [-0.4, -0.2) is 60.2 Å². The molecule has 0 spiro atoms. The van der Waals surface area contributed by atoms with Crippen LogP contribution in [0.3, 0.4) is 0 Å². The highest BCUT2D eigenvalue weighted by Crippen LogP contribution is 2.59. The largest absolute Gasteiger partial charge is 0.497 e. The quantitative estimate of drug-likeness (QED) is 0.183. The van der Waals surface area contributed by atoms with E-state index in [1.54, 1.807) is 20.3 Å². The number of hydrogen-bond donors (Lipinski definition) is 1. The van der Waals surface area contributed by atoms with Gasteiger partial charge in [-0.2, -0.15) is 0 Å². The van der Waals surface area contributed by atoms with Gasteiger partial charge in [-0.1, -0.05) is 23.8 Å². The number of esters is 1. The molecule has 3 rings (SSSR count). The lowest BCUT2D eigenvalue weighted by Gasteiger charge is -2.54. The molecule has 5 unspecified atom stereocenters. The van der Waals surface area contributed by atoms with Crippen molar-refractivity contribution in [2.45, 2.75) is 75.5 Å². The Morgan fingerprint density at radius 2 is 1.97 bits per heavy atom. The molecule has 1 aliphatic heterocycles. The number of allylic oxidation sites excluding steroid dienone is 1. The first-order valence-corrected chi connectivity index (χ1v) is 11.9. The summed E-state index contributed by atoms with van der Waals surface area (Å²) in [6, 6.07) is 7.31. The van der Waals surface area contributed by atoms with E-state index in [2.05, 4.69) is 6.08 Å². The molecule has 1 aliphatic carbocycles. The van der Waals surface area contributed by atoms with Gasteiger partial charge in [0, 0.05) is 13.2 Å². The lowest BCUT2D eigenvalue weighted by molar-refractivity contribution is -0.260. The topological polar surface area (TPSA) is 77.5 Å². The number of halogens is 1. The van der Waals surface area contributed by atoms with Crippen LogP contribution in [0.2, 0.25) is 0 Å². The Bertz CT molecular complexity index is 893. The van der Waals surface area contributed by atoms with E-state index in [1.165, 1.54) is 11.6 Å². The monoisotopic (exact) mass is 478 g/mol. The highest BCUT2D eigenvalue weighted by molar-refractivity contribution is 6.18. The van der Waals surface area contributed by atoms with Crippen molar-refractivity contribution in [3.8, 4) is 5.75 Å². The van der Waals surface area contributed by atoms with Gasteiger partial charge < -0.3 is 24.1 Å². The van der Waals surface area contributed by atoms with Crippen LogP contribution in [0.5, 0.6) is 5.75 Å². The fourth-order valence-corrected chi connectivity index (χ4v) is 5.37. The number of carbonyl (C=O) groups is 1. The number of rotatable bonds is 9. The maximum Gasteiger partial charge on any atom is 0.331 e. The van der Waals surface area contributed by atoms with E-state index < -0.39 is 28.9 Å². The molecule has 0 amide bonds. The first-order valence-electron chi connectivity index (χ1n) is 11.3. The van der Waals surface area contributed by atoms with Gasteiger partial charge in [-0.3, -0.25) is 0 Å².